The Morgan fingerprint density at radius 2 is 2.17 bits per heavy atom. The van der Waals surface area contributed by atoms with Crippen molar-refractivity contribution in [2.45, 2.75) is 26.3 Å². The predicted octanol–water partition coefficient (Wildman–Crippen LogP) is 1.11. The van der Waals surface area contributed by atoms with Gasteiger partial charge in [0.25, 0.3) is 0 Å². The van der Waals surface area contributed by atoms with Crippen molar-refractivity contribution >= 4 is 23.0 Å². The van der Waals surface area contributed by atoms with Crippen molar-refractivity contribution in [3.63, 3.8) is 0 Å². The average Bonchev–Trinajstić information content (AvgIpc) is 2.51. The molecule has 0 aromatic carbocycles. The zero-order valence-corrected chi connectivity index (χ0v) is 12.6. The summed E-state index contributed by atoms with van der Waals surface area (Å²) in [5.41, 5.74) is 7.48. The van der Waals surface area contributed by atoms with E-state index in [0.717, 1.165) is 30.0 Å². The molecule has 0 spiro atoms. The quantitative estimate of drug-likeness (QED) is 0.758. The second kappa shape index (κ2) is 6.15. The first-order valence-corrected chi connectivity index (χ1v) is 6.48. The second-order valence-corrected chi connectivity index (χ2v) is 5.37. The van der Waals surface area contributed by atoms with Crippen molar-refractivity contribution in [2.75, 3.05) is 26.0 Å². The fourth-order valence-electron chi connectivity index (χ4n) is 1.88. The fraction of sp³-hybridized carbons (Fsp3) is 0.667. The molecule has 0 amide bonds. The third-order valence-corrected chi connectivity index (χ3v) is 3.07. The van der Waals surface area contributed by atoms with Gasteiger partial charge in [-0.15, -0.1) is 0 Å². The normalized spacial score (nSPS) is 12.8. The van der Waals surface area contributed by atoms with Crippen LogP contribution in [0.4, 0.5) is 5.82 Å². The van der Waals surface area contributed by atoms with Crippen molar-refractivity contribution in [1.82, 2.24) is 14.7 Å². The highest BCUT2D eigenvalue weighted by molar-refractivity contribution is 7.80. The lowest BCUT2D eigenvalue weighted by atomic mass is 10.2. The average molecular weight is 269 g/mol. The highest BCUT2D eigenvalue weighted by atomic mass is 32.1. The van der Waals surface area contributed by atoms with Crippen LogP contribution in [0, 0.1) is 6.92 Å². The van der Waals surface area contributed by atoms with E-state index in [2.05, 4.69) is 36.3 Å². The van der Waals surface area contributed by atoms with Crippen LogP contribution >= 0.6 is 12.2 Å². The molecule has 102 valence electrons. The summed E-state index contributed by atoms with van der Waals surface area (Å²) < 4.78 is 1.80. The first kappa shape index (κ1) is 14.9. The summed E-state index contributed by atoms with van der Waals surface area (Å²) >= 11 is 5.09. The number of thiocarbonyl (C=S) groups is 1. The van der Waals surface area contributed by atoms with Crippen molar-refractivity contribution in [2.24, 2.45) is 12.8 Å². The number of hydrogen-bond acceptors (Lipinski definition) is 4. The third kappa shape index (κ3) is 3.68. The van der Waals surface area contributed by atoms with Gasteiger partial charge in [-0.05, 0) is 40.9 Å². The lowest BCUT2D eigenvalue weighted by Gasteiger charge is -2.18. The molecular weight excluding hydrogens is 246 g/mol. The Hall–Kier alpha value is -1.14. The van der Waals surface area contributed by atoms with Crippen LogP contribution in [0.1, 0.15) is 24.6 Å². The van der Waals surface area contributed by atoms with E-state index in [9.17, 15) is 0 Å². The molecule has 6 heteroatoms. The summed E-state index contributed by atoms with van der Waals surface area (Å²) in [7, 11) is 6.04. The van der Waals surface area contributed by atoms with Crippen LogP contribution in [0.3, 0.4) is 0 Å². The largest absolute Gasteiger partial charge is 0.389 e. The van der Waals surface area contributed by atoms with Gasteiger partial charge in [-0.1, -0.05) is 12.2 Å². The van der Waals surface area contributed by atoms with Crippen molar-refractivity contribution < 1.29 is 0 Å². The molecule has 0 aliphatic carbocycles. The monoisotopic (exact) mass is 269 g/mol. The first-order chi connectivity index (χ1) is 8.32. The van der Waals surface area contributed by atoms with E-state index >= 15 is 0 Å². The molecule has 0 fully saturated rings. The van der Waals surface area contributed by atoms with E-state index in [1.807, 2.05) is 14.0 Å². The van der Waals surface area contributed by atoms with Crippen LogP contribution < -0.4 is 11.1 Å². The summed E-state index contributed by atoms with van der Waals surface area (Å²) in [5, 5.41) is 7.80. The molecule has 0 aliphatic heterocycles. The molecule has 1 aromatic rings. The molecule has 1 atom stereocenters. The minimum absolute atomic E-state index is 0.343. The molecule has 0 bridgehead atoms. The Bertz CT molecular complexity index is 424. The van der Waals surface area contributed by atoms with E-state index < -0.39 is 0 Å². The topological polar surface area (TPSA) is 59.1 Å². The zero-order chi connectivity index (χ0) is 13.9. The minimum Gasteiger partial charge on any atom is -0.389 e. The predicted molar refractivity (Wildman–Crippen MR) is 80.1 cm³/mol. The zero-order valence-electron chi connectivity index (χ0n) is 11.8. The Morgan fingerprint density at radius 1 is 1.56 bits per heavy atom. The summed E-state index contributed by atoms with van der Waals surface area (Å²) in [5.74, 6) is 0.909. The van der Waals surface area contributed by atoms with E-state index in [0.29, 0.717) is 11.0 Å². The van der Waals surface area contributed by atoms with Crippen LogP contribution in [0.15, 0.2) is 0 Å². The van der Waals surface area contributed by atoms with Crippen molar-refractivity contribution in [1.29, 1.82) is 0 Å². The maximum Gasteiger partial charge on any atom is 0.134 e. The summed E-state index contributed by atoms with van der Waals surface area (Å²) in [4.78, 5) is 2.56. The van der Waals surface area contributed by atoms with Gasteiger partial charge in [0.2, 0.25) is 0 Å². The maximum absolute atomic E-state index is 5.76. The van der Waals surface area contributed by atoms with Crippen LogP contribution in [0.25, 0.3) is 0 Å². The maximum atomic E-state index is 5.76. The smallest absolute Gasteiger partial charge is 0.134 e. The Kier molecular flexibility index (Phi) is 5.10. The number of nitrogens with two attached hydrogens (primary N) is 1. The SMILES string of the molecule is Cc1nn(C)c(NC(C)CCN(C)C)c1C(N)=S. The number of anilines is 1. The van der Waals surface area contributed by atoms with E-state index in [4.69, 9.17) is 18.0 Å². The third-order valence-electron chi connectivity index (χ3n) is 2.86. The number of aryl methyl sites for hydroxylation is 2. The lowest BCUT2D eigenvalue weighted by Crippen LogP contribution is -2.25. The highest BCUT2D eigenvalue weighted by Gasteiger charge is 2.17. The molecule has 1 unspecified atom stereocenters. The van der Waals surface area contributed by atoms with E-state index in [-0.39, 0.29) is 0 Å². The van der Waals surface area contributed by atoms with Gasteiger partial charge in [-0.3, -0.25) is 4.68 Å². The molecule has 0 saturated carbocycles. The fourth-order valence-corrected chi connectivity index (χ4v) is 2.12. The van der Waals surface area contributed by atoms with Gasteiger partial charge >= 0.3 is 0 Å². The molecule has 0 aliphatic rings. The van der Waals surface area contributed by atoms with Gasteiger partial charge in [0.1, 0.15) is 10.8 Å². The van der Waals surface area contributed by atoms with Gasteiger partial charge in [-0.25, -0.2) is 0 Å². The summed E-state index contributed by atoms with van der Waals surface area (Å²) in [6.45, 7) is 5.10. The number of hydrogen-bond donors (Lipinski definition) is 2. The number of nitrogens with zero attached hydrogens (tertiary/aromatic N) is 3. The first-order valence-electron chi connectivity index (χ1n) is 6.07. The van der Waals surface area contributed by atoms with Crippen molar-refractivity contribution in [3.05, 3.63) is 11.3 Å². The molecule has 0 saturated heterocycles. The van der Waals surface area contributed by atoms with Gasteiger partial charge in [0.15, 0.2) is 0 Å². The van der Waals surface area contributed by atoms with Gasteiger partial charge in [0, 0.05) is 13.1 Å². The summed E-state index contributed by atoms with van der Waals surface area (Å²) in [6.07, 6.45) is 1.05. The van der Waals surface area contributed by atoms with Crippen LogP contribution in [0.2, 0.25) is 0 Å². The van der Waals surface area contributed by atoms with Crippen LogP contribution in [0.5, 0.6) is 0 Å². The molecule has 1 rings (SSSR count). The molecule has 0 radical (unpaired) electrons. The van der Waals surface area contributed by atoms with Gasteiger partial charge < -0.3 is 16.0 Å². The molecule has 3 N–H and O–H groups in total. The van der Waals surface area contributed by atoms with E-state index in [1.165, 1.54) is 0 Å². The van der Waals surface area contributed by atoms with Crippen LogP contribution in [-0.2, 0) is 7.05 Å². The number of nitrogens with one attached hydrogen (secondary N) is 1. The molecule has 18 heavy (non-hydrogen) atoms. The van der Waals surface area contributed by atoms with E-state index in [1.54, 1.807) is 4.68 Å². The highest BCUT2D eigenvalue weighted by Crippen LogP contribution is 2.19. The van der Waals surface area contributed by atoms with Crippen LogP contribution in [-0.4, -0.2) is 46.4 Å². The van der Waals surface area contributed by atoms with Gasteiger partial charge in [-0.2, -0.15) is 5.10 Å². The Balaban J connectivity index is 2.80. The number of rotatable bonds is 6. The Morgan fingerprint density at radius 3 is 2.67 bits per heavy atom. The molecule has 1 aromatic heterocycles. The summed E-state index contributed by atoms with van der Waals surface area (Å²) in [6, 6.07) is 0.343. The second-order valence-electron chi connectivity index (χ2n) is 4.93. The lowest BCUT2D eigenvalue weighted by molar-refractivity contribution is 0.390. The molecule has 5 nitrogen and oxygen atoms in total. The minimum atomic E-state index is 0.343. The van der Waals surface area contributed by atoms with Gasteiger partial charge in [0.05, 0.1) is 11.3 Å². The standard InChI is InChI=1S/C12H23N5S/c1-8(6-7-16(3)4)14-12-10(11(13)18)9(2)15-17(12)5/h8,14H,6-7H2,1-5H3,(H2,13,18). The molecule has 1 heterocycles. The number of aromatic nitrogens is 2. The molecular formula is C12H23N5S. The van der Waals surface area contributed by atoms with Crippen molar-refractivity contribution in [3.8, 4) is 0 Å². The Labute approximate surface area is 114 Å².